The molecular formula is C13H17N3O4. The molecule has 1 amide bonds. The maximum Gasteiger partial charge on any atom is 0.303 e. The van der Waals surface area contributed by atoms with E-state index in [-0.39, 0.29) is 29.5 Å². The van der Waals surface area contributed by atoms with Crippen LogP contribution in [0.5, 0.6) is 0 Å². The van der Waals surface area contributed by atoms with Gasteiger partial charge in [0.25, 0.3) is 11.5 Å². The minimum absolute atomic E-state index is 0.129. The minimum Gasteiger partial charge on any atom is -0.481 e. The number of amides is 1. The number of nitrogens with zero attached hydrogens (tertiary/aromatic N) is 2. The molecule has 2 heterocycles. The largest absolute Gasteiger partial charge is 0.481 e. The van der Waals surface area contributed by atoms with Crippen LogP contribution in [0.4, 0.5) is 0 Å². The van der Waals surface area contributed by atoms with Crippen molar-refractivity contribution in [1.82, 2.24) is 15.1 Å². The highest BCUT2D eigenvalue weighted by atomic mass is 16.4. The Bertz CT molecular complexity index is 534. The molecule has 7 heteroatoms. The zero-order chi connectivity index (χ0) is 14.5. The van der Waals surface area contributed by atoms with Crippen molar-refractivity contribution in [3.8, 4) is 0 Å². The van der Waals surface area contributed by atoms with Crippen molar-refractivity contribution < 1.29 is 14.7 Å². The van der Waals surface area contributed by atoms with Gasteiger partial charge in [0.1, 0.15) is 5.69 Å². The second-order valence-corrected chi connectivity index (χ2v) is 5.00. The molecule has 0 spiro atoms. The van der Waals surface area contributed by atoms with Gasteiger partial charge in [-0.15, -0.1) is 0 Å². The standard InChI is InChI=1S/C13H17N3O4/c17-11-5-4-10(14-15-11)13(20)16-7-1-2-9(8-16)3-6-12(18)19/h4-5,9H,1-3,6-8H2,(H,15,17)(H,18,19). The number of H-pyrrole nitrogens is 1. The van der Waals surface area contributed by atoms with Gasteiger partial charge in [0.2, 0.25) is 0 Å². The lowest BCUT2D eigenvalue weighted by molar-refractivity contribution is -0.137. The summed E-state index contributed by atoms with van der Waals surface area (Å²) < 4.78 is 0. The summed E-state index contributed by atoms with van der Waals surface area (Å²) in [5.41, 5.74) is -0.136. The van der Waals surface area contributed by atoms with Crippen molar-refractivity contribution in [3.05, 3.63) is 28.2 Å². The first-order valence-electron chi connectivity index (χ1n) is 6.63. The van der Waals surface area contributed by atoms with E-state index < -0.39 is 5.97 Å². The van der Waals surface area contributed by atoms with Gasteiger partial charge in [0.15, 0.2) is 0 Å². The molecule has 1 aromatic rings. The van der Waals surface area contributed by atoms with E-state index in [0.29, 0.717) is 19.5 Å². The van der Waals surface area contributed by atoms with Gasteiger partial charge in [-0.25, -0.2) is 5.10 Å². The molecule has 2 N–H and O–H groups in total. The highest BCUT2D eigenvalue weighted by Gasteiger charge is 2.25. The fourth-order valence-electron chi connectivity index (χ4n) is 2.44. The summed E-state index contributed by atoms with van der Waals surface area (Å²) in [7, 11) is 0. The molecule has 1 aliphatic rings. The van der Waals surface area contributed by atoms with Gasteiger partial charge < -0.3 is 10.0 Å². The average molecular weight is 279 g/mol. The van der Waals surface area contributed by atoms with Gasteiger partial charge in [0.05, 0.1) is 0 Å². The molecule has 1 atom stereocenters. The van der Waals surface area contributed by atoms with E-state index >= 15 is 0 Å². The van der Waals surface area contributed by atoms with Gasteiger partial charge >= 0.3 is 5.97 Å². The molecule has 0 radical (unpaired) electrons. The number of carboxylic acids is 1. The Morgan fingerprint density at radius 1 is 1.45 bits per heavy atom. The zero-order valence-electron chi connectivity index (χ0n) is 11.0. The number of hydrogen-bond acceptors (Lipinski definition) is 4. The molecule has 1 aliphatic heterocycles. The molecule has 1 unspecified atom stereocenters. The minimum atomic E-state index is -0.809. The van der Waals surface area contributed by atoms with Crippen LogP contribution in [-0.2, 0) is 4.79 Å². The summed E-state index contributed by atoms with van der Waals surface area (Å²) in [6.45, 7) is 1.19. The lowest BCUT2D eigenvalue weighted by Crippen LogP contribution is -2.40. The first-order valence-corrected chi connectivity index (χ1v) is 6.63. The summed E-state index contributed by atoms with van der Waals surface area (Å²) in [5.74, 6) is -0.816. The Kier molecular flexibility index (Phi) is 4.49. The third kappa shape index (κ3) is 3.66. The number of rotatable bonds is 4. The van der Waals surface area contributed by atoms with Gasteiger partial charge in [-0.2, -0.15) is 5.10 Å². The summed E-state index contributed by atoms with van der Waals surface area (Å²) in [5, 5.41) is 14.7. The van der Waals surface area contributed by atoms with Crippen LogP contribution in [0.1, 0.15) is 36.2 Å². The summed E-state index contributed by atoms with van der Waals surface area (Å²) in [4.78, 5) is 35.4. The number of aromatic amines is 1. The number of likely N-dealkylation sites (tertiary alicyclic amines) is 1. The molecule has 7 nitrogen and oxygen atoms in total. The second-order valence-electron chi connectivity index (χ2n) is 5.00. The highest BCUT2D eigenvalue weighted by molar-refractivity contribution is 5.92. The van der Waals surface area contributed by atoms with Crippen LogP contribution in [0.2, 0.25) is 0 Å². The summed E-state index contributed by atoms with van der Waals surface area (Å²) in [6.07, 6.45) is 2.51. The molecule has 1 saturated heterocycles. The number of hydrogen-bond donors (Lipinski definition) is 2. The number of aliphatic carboxylic acids is 1. The molecule has 2 rings (SSSR count). The van der Waals surface area contributed by atoms with Crippen LogP contribution in [0.15, 0.2) is 16.9 Å². The molecule has 0 saturated carbocycles. The van der Waals surface area contributed by atoms with E-state index in [0.717, 1.165) is 12.8 Å². The lowest BCUT2D eigenvalue weighted by Gasteiger charge is -2.32. The molecule has 1 fully saturated rings. The van der Waals surface area contributed by atoms with Crippen molar-refractivity contribution in [2.45, 2.75) is 25.7 Å². The molecule has 20 heavy (non-hydrogen) atoms. The third-order valence-electron chi connectivity index (χ3n) is 3.47. The van der Waals surface area contributed by atoms with E-state index in [1.165, 1.54) is 12.1 Å². The second kappa shape index (κ2) is 6.31. The first kappa shape index (κ1) is 14.2. The van der Waals surface area contributed by atoms with Crippen LogP contribution in [0.25, 0.3) is 0 Å². The Hall–Kier alpha value is -2.18. The number of carbonyl (C=O) groups excluding carboxylic acids is 1. The van der Waals surface area contributed by atoms with Crippen LogP contribution in [0, 0.1) is 5.92 Å². The van der Waals surface area contributed by atoms with Crippen LogP contribution in [0.3, 0.4) is 0 Å². The molecule has 0 aromatic carbocycles. The van der Waals surface area contributed by atoms with Crippen molar-refractivity contribution in [2.24, 2.45) is 5.92 Å². The number of aromatic nitrogens is 2. The maximum atomic E-state index is 12.2. The number of carbonyl (C=O) groups is 2. The van der Waals surface area contributed by atoms with Gasteiger partial charge in [0, 0.05) is 25.6 Å². The Morgan fingerprint density at radius 3 is 2.90 bits per heavy atom. The van der Waals surface area contributed by atoms with Gasteiger partial charge in [-0.3, -0.25) is 14.4 Å². The Morgan fingerprint density at radius 2 is 2.25 bits per heavy atom. The van der Waals surface area contributed by atoms with Gasteiger partial charge in [-0.1, -0.05) is 0 Å². The van der Waals surface area contributed by atoms with Crippen LogP contribution < -0.4 is 5.56 Å². The molecule has 0 bridgehead atoms. The lowest BCUT2D eigenvalue weighted by atomic mass is 9.93. The number of piperidine rings is 1. The van der Waals surface area contributed by atoms with E-state index in [2.05, 4.69) is 10.2 Å². The maximum absolute atomic E-state index is 12.2. The molecule has 108 valence electrons. The van der Waals surface area contributed by atoms with Crippen LogP contribution >= 0.6 is 0 Å². The molecule has 1 aromatic heterocycles. The van der Waals surface area contributed by atoms with Gasteiger partial charge in [-0.05, 0) is 31.2 Å². The fourth-order valence-corrected chi connectivity index (χ4v) is 2.44. The Labute approximate surface area is 115 Å². The van der Waals surface area contributed by atoms with Crippen LogP contribution in [-0.4, -0.2) is 45.2 Å². The predicted molar refractivity (Wildman–Crippen MR) is 70.4 cm³/mol. The number of carboxylic acid groups (broad SMARTS) is 1. The summed E-state index contributed by atoms with van der Waals surface area (Å²) >= 11 is 0. The van der Waals surface area contributed by atoms with E-state index in [4.69, 9.17) is 5.11 Å². The quantitative estimate of drug-likeness (QED) is 0.834. The Balaban J connectivity index is 1.97. The normalized spacial score (nSPS) is 18.8. The molecule has 0 aliphatic carbocycles. The average Bonchev–Trinajstić information content (AvgIpc) is 2.45. The van der Waals surface area contributed by atoms with Crippen molar-refractivity contribution >= 4 is 11.9 Å². The zero-order valence-corrected chi connectivity index (χ0v) is 11.0. The van der Waals surface area contributed by atoms with E-state index in [9.17, 15) is 14.4 Å². The number of nitrogens with one attached hydrogen (secondary N) is 1. The monoisotopic (exact) mass is 279 g/mol. The van der Waals surface area contributed by atoms with E-state index in [1.54, 1.807) is 4.90 Å². The van der Waals surface area contributed by atoms with Crippen molar-refractivity contribution in [2.75, 3.05) is 13.1 Å². The predicted octanol–water partition coefficient (Wildman–Crippen LogP) is 0.487. The van der Waals surface area contributed by atoms with Crippen molar-refractivity contribution in [3.63, 3.8) is 0 Å². The SMILES string of the molecule is O=C(O)CCC1CCCN(C(=O)c2ccc(=O)[nH]n2)C1. The van der Waals surface area contributed by atoms with Crippen molar-refractivity contribution in [1.29, 1.82) is 0 Å². The smallest absolute Gasteiger partial charge is 0.303 e. The topological polar surface area (TPSA) is 103 Å². The molecular weight excluding hydrogens is 262 g/mol. The highest BCUT2D eigenvalue weighted by Crippen LogP contribution is 2.21. The summed E-state index contributed by atoms with van der Waals surface area (Å²) in [6, 6.07) is 2.67. The first-order chi connectivity index (χ1) is 9.56. The fraction of sp³-hybridized carbons (Fsp3) is 0.538. The van der Waals surface area contributed by atoms with E-state index in [1.807, 2.05) is 0 Å². The third-order valence-corrected chi connectivity index (χ3v) is 3.47.